The minimum atomic E-state index is -4.21. The van der Waals surface area contributed by atoms with Crippen LogP contribution in [-0.4, -0.2) is 51.9 Å². The third-order valence-corrected chi connectivity index (χ3v) is 8.20. The molecule has 3 aromatic rings. The zero-order chi connectivity index (χ0) is 27.9. The molecule has 38 heavy (non-hydrogen) atoms. The van der Waals surface area contributed by atoms with Gasteiger partial charge in [0.2, 0.25) is 11.8 Å². The molecule has 11 heteroatoms. The lowest BCUT2D eigenvalue weighted by Gasteiger charge is -2.33. The van der Waals surface area contributed by atoms with Crippen LogP contribution in [0.4, 0.5) is 5.69 Å². The topological polar surface area (TPSA) is 96.0 Å². The predicted octanol–water partition coefficient (Wildman–Crippen LogP) is 4.75. The standard InChI is InChI=1S/C27H29Cl2N3O5S/c1-4-25(27(34)30-2)31(17-19-8-10-20(28)11-9-19)26(33)18-32(22-7-5-6-21(29)16-22)38(35,36)24-14-12-23(37-3)13-15-24/h5-16,25H,4,17-18H2,1-3H3,(H,30,34)/t25-/m1/s1. The summed E-state index contributed by atoms with van der Waals surface area (Å²) in [6.45, 7) is 1.30. The molecule has 0 fully saturated rings. The van der Waals surface area contributed by atoms with Crippen LogP contribution in [0.15, 0.2) is 77.7 Å². The van der Waals surface area contributed by atoms with Crippen molar-refractivity contribution < 1.29 is 22.7 Å². The summed E-state index contributed by atoms with van der Waals surface area (Å²) in [6, 6.07) is 18.1. The Morgan fingerprint density at radius 2 is 1.63 bits per heavy atom. The summed E-state index contributed by atoms with van der Waals surface area (Å²) in [5.41, 5.74) is 0.943. The zero-order valence-corrected chi connectivity index (χ0v) is 23.6. The Hall–Kier alpha value is -3.27. The van der Waals surface area contributed by atoms with E-state index in [4.69, 9.17) is 27.9 Å². The van der Waals surface area contributed by atoms with E-state index in [-0.39, 0.29) is 23.0 Å². The number of sulfonamides is 1. The summed E-state index contributed by atoms with van der Waals surface area (Å²) in [6.07, 6.45) is 0.321. The Balaban J connectivity index is 2.05. The van der Waals surface area contributed by atoms with Crippen molar-refractivity contribution in [3.8, 4) is 5.75 Å². The summed E-state index contributed by atoms with van der Waals surface area (Å²) >= 11 is 12.2. The maximum atomic E-state index is 13.8. The molecule has 0 bridgehead atoms. The molecule has 1 N–H and O–H groups in total. The van der Waals surface area contributed by atoms with Crippen molar-refractivity contribution >= 4 is 50.7 Å². The molecule has 1 atom stereocenters. The Bertz CT molecular complexity index is 1370. The summed E-state index contributed by atoms with van der Waals surface area (Å²) in [4.78, 5) is 27.9. The second-order valence-corrected chi connectivity index (χ2v) is 11.1. The van der Waals surface area contributed by atoms with Crippen LogP contribution in [0.25, 0.3) is 0 Å². The van der Waals surface area contributed by atoms with Gasteiger partial charge in [0.05, 0.1) is 17.7 Å². The number of anilines is 1. The van der Waals surface area contributed by atoms with Gasteiger partial charge < -0.3 is 15.0 Å². The molecule has 0 saturated heterocycles. The van der Waals surface area contributed by atoms with Gasteiger partial charge in [-0.1, -0.05) is 48.3 Å². The van der Waals surface area contributed by atoms with Gasteiger partial charge in [0.1, 0.15) is 18.3 Å². The molecule has 3 aromatic carbocycles. The Kier molecular flexibility index (Phi) is 10.0. The average Bonchev–Trinajstić information content (AvgIpc) is 2.92. The number of amides is 2. The zero-order valence-electron chi connectivity index (χ0n) is 21.2. The summed E-state index contributed by atoms with van der Waals surface area (Å²) in [5, 5.41) is 3.43. The number of rotatable bonds is 11. The lowest BCUT2D eigenvalue weighted by Crippen LogP contribution is -2.51. The van der Waals surface area contributed by atoms with Gasteiger partial charge in [-0.3, -0.25) is 13.9 Å². The number of hydrogen-bond acceptors (Lipinski definition) is 5. The van der Waals surface area contributed by atoms with Gasteiger partial charge in [-0.2, -0.15) is 0 Å². The third kappa shape index (κ3) is 6.98. The molecule has 0 radical (unpaired) electrons. The van der Waals surface area contributed by atoms with Crippen LogP contribution in [0, 0.1) is 0 Å². The molecule has 8 nitrogen and oxygen atoms in total. The molecule has 0 aliphatic heterocycles. The average molecular weight is 579 g/mol. The predicted molar refractivity (Wildman–Crippen MR) is 149 cm³/mol. The monoisotopic (exact) mass is 577 g/mol. The number of methoxy groups -OCH3 is 1. The highest BCUT2D eigenvalue weighted by molar-refractivity contribution is 7.92. The highest BCUT2D eigenvalue weighted by Crippen LogP contribution is 2.28. The van der Waals surface area contributed by atoms with E-state index in [2.05, 4.69) is 5.32 Å². The number of halogens is 2. The number of ether oxygens (including phenoxy) is 1. The number of likely N-dealkylation sites (N-methyl/N-ethyl adjacent to an activating group) is 1. The van der Waals surface area contributed by atoms with Gasteiger partial charge in [-0.05, 0) is 66.6 Å². The van der Waals surface area contributed by atoms with E-state index in [0.29, 0.717) is 22.2 Å². The van der Waals surface area contributed by atoms with E-state index in [1.165, 1.54) is 49.4 Å². The fraction of sp³-hybridized carbons (Fsp3) is 0.259. The molecule has 0 unspecified atom stereocenters. The van der Waals surface area contributed by atoms with E-state index in [9.17, 15) is 18.0 Å². The normalized spacial score (nSPS) is 11.9. The van der Waals surface area contributed by atoms with E-state index in [1.54, 1.807) is 49.4 Å². The number of carbonyl (C=O) groups excluding carboxylic acids is 2. The van der Waals surface area contributed by atoms with Crippen LogP contribution in [0.1, 0.15) is 18.9 Å². The molecule has 2 amide bonds. The second-order valence-electron chi connectivity index (χ2n) is 8.35. The number of carbonyl (C=O) groups is 2. The maximum Gasteiger partial charge on any atom is 0.264 e. The van der Waals surface area contributed by atoms with Crippen LogP contribution in [0.3, 0.4) is 0 Å². The second kappa shape index (κ2) is 13.0. The fourth-order valence-electron chi connectivity index (χ4n) is 3.91. The molecule has 0 aromatic heterocycles. The molecule has 3 rings (SSSR count). The molecule has 0 aliphatic rings. The lowest BCUT2D eigenvalue weighted by molar-refractivity contribution is -0.140. The highest BCUT2D eigenvalue weighted by Gasteiger charge is 2.33. The van der Waals surface area contributed by atoms with Crippen molar-refractivity contribution in [2.45, 2.75) is 30.8 Å². The number of benzene rings is 3. The Morgan fingerprint density at radius 3 is 2.18 bits per heavy atom. The first kappa shape index (κ1) is 29.3. The van der Waals surface area contributed by atoms with Gasteiger partial charge in [0, 0.05) is 23.6 Å². The highest BCUT2D eigenvalue weighted by atomic mass is 35.5. The van der Waals surface area contributed by atoms with Crippen molar-refractivity contribution in [3.05, 3.63) is 88.4 Å². The minimum absolute atomic E-state index is 0.0336. The number of hydrogen-bond donors (Lipinski definition) is 1. The molecule has 0 aliphatic carbocycles. The van der Waals surface area contributed by atoms with Crippen molar-refractivity contribution in [3.63, 3.8) is 0 Å². The molecule has 202 valence electrons. The van der Waals surface area contributed by atoms with Crippen molar-refractivity contribution in [1.29, 1.82) is 0 Å². The fourth-order valence-corrected chi connectivity index (χ4v) is 5.62. The largest absolute Gasteiger partial charge is 0.497 e. The molecular formula is C27H29Cl2N3O5S. The number of nitrogens with zero attached hydrogens (tertiary/aromatic N) is 2. The van der Waals surface area contributed by atoms with Gasteiger partial charge in [-0.15, -0.1) is 0 Å². The van der Waals surface area contributed by atoms with Gasteiger partial charge in [0.15, 0.2) is 0 Å². The van der Waals surface area contributed by atoms with Gasteiger partial charge in [-0.25, -0.2) is 8.42 Å². The van der Waals surface area contributed by atoms with Crippen molar-refractivity contribution in [2.75, 3.05) is 25.0 Å². The molecular weight excluding hydrogens is 549 g/mol. The summed E-state index contributed by atoms with van der Waals surface area (Å²) < 4.78 is 33.7. The van der Waals surface area contributed by atoms with E-state index >= 15 is 0 Å². The quantitative estimate of drug-likeness (QED) is 0.354. The third-order valence-electron chi connectivity index (χ3n) is 5.92. The van der Waals surface area contributed by atoms with Crippen LogP contribution >= 0.6 is 23.2 Å². The van der Waals surface area contributed by atoms with E-state index in [0.717, 1.165) is 9.87 Å². The Morgan fingerprint density at radius 1 is 0.974 bits per heavy atom. The minimum Gasteiger partial charge on any atom is -0.497 e. The molecule has 0 saturated carbocycles. The van der Waals surface area contributed by atoms with Crippen LogP contribution in [-0.2, 0) is 26.2 Å². The van der Waals surface area contributed by atoms with Crippen molar-refractivity contribution in [1.82, 2.24) is 10.2 Å². The van der Waals surface area contributed by atoms with Gasteiger partial charge >= 0.3 is 0 Å². The Labute approximate surface area is 233 Å². The van der Waals surface area contributed by atoms with E-state index in [1.807, 2.05) is 0 Å². The lowest BCUT2D eigenvalue weighted by atomic mass is 10.1. The van der Waals surface area contributed by atoms with Crippen LogP contribution in [0.5, 0.6) is 5.75 Å². The SMILES string of the molecule is CC[C@H](C(=O)NC)N(Cc1ccc(Cl)cc1)C(=O)CN(c1cccc(Cl)c1)S(=O)(=O)c1ccc(OC)cc1. The van der Waals surface area contributed by atoms with E-state index < -0.39 is 28.5 Å². The van der Waals surface area contributed by atoms with Crippen molar-refractivity contribution in [2.24, 2.45) is 0 Å². The summed E-state index contributed by atoms with van der Waals surface area (Å²) in [5.74, 6) is -0.436. The summed E-state index contributed by atoms with van der Waals surface area (Å²) in [7, 11) is -1.24. The van der Waals surface area contributed by atoms with Crippen LogP contribution in [0.2, 0.25) is 10.0 Å². The first-order chi connectivity index (χ1) is 18.1. The van der Waals surface area contributed by atoms with Gasteiger partial charge in [0.25, 0.3) is 10.0 Å². The number of nitrogens with one attached hydrogen (secondary N) is 1. The first-order valence-electron chi connectivity index (χ1n) is 11.8. The molecule has 0 heterocycles. The van der Waals surface area contributed by atoms with Crippen LogP contribution < -0.4 is 14.4 Å². The molecule has 0 spiro atoms. The first-order valence-corrected chi connectivity index (χ1v) is 14.0. The maximum absolute atomic E-state index is 13.8. The smallest absolute Gasteiger partial charge is 0.264 e.